The van der Waals surface area contributed by atoms with E-state index >= 15 is 0 Å². The Morgan fingerprint density at radius 2 is 1.95 bits per heavy atom. The van der Waals surface area contributed by atoms with E-state index in [-0.39, 0.29) is 5.82 Å². The van der Waals surface area contributed by atoms with E-state index in [1.807, 2.05) is 22.7 Å². The highest BCUT2D eigenvalue weighted by atomic mass is 79.9. The number of fused-ring (bicyclic) bond motifs is 1. The van der Waals surface area contributed by atoms with Crippen LogP contribution in [0.5, 0.6) is 0 Å². The molecule has 3 rings (SSSR count). The van der Waals surface area contributed by atoms with Gasteiger partial charge in [-0.1, -0.05) is 0 Å². The van der Waals surface area contributed by atoms with Gasteiger partial charge in [0, 0.05) is 22.3 Å². The smallest absolute Gasteiger partial charge is 0.241 e. The Morgan fingerprint density at radius 1 is 1.23 bits per heavy atom. The first-order valence-corrected chi connectivity index (χ1v) is 7.25. The quantitative estimate of drug-likeness (QED) is 0.728. The van der Waals surface area contributed by atoms with Crippen LogP contribution in [0.25, 0.3) is 23.0 Å². The predicted molar refractivity (Wildman–Crippen MR) is 86.5 cm³/mol. The second kappa shape index (κ2) is 5.73. The van der Waals surface area contributed by atoms with Gasteiger partial charge in [-0.3, -0.25) is 9.20 Å². The molecule has 0 saturated carbocycles. The Balaban J connectivity index is 2.26. The molecule has 0 saturated heterocycles. The molecule has 0 aliphatic carbocycles. The first-order chi connectivity index (χ1) is 10.5. The Bertz CT molecular complexity index is 884. The van der Waals surface area contributed by atoms with Gasteiger partial charge in [-0.05, 0) is 58.4 Å². The summed E-state index contributed by atoms with van der Waals surface area (Å²) >= 11 is 3.41. The maximum absolute atomic E-state index is 13.1. The zero-order valence-corrected chi connectivity index (χ0v) is 12.9. The lowest BCUT2D eigenvalue weighted by Gasteiger charge is -2.01. The van der Waals surface area contributed by atoms with Crippen molar-refractivity contribution in [2.75, 3.05) is 0 Å². The second-order valence-corrected chi connectivity index (χ2v) is 5.58. The van der Waals surface area contributed by atoms with Crippen molar-refractivity contribution in [2.24, 2.45) is 5.73 Å². The second-order valence-electron chi connectivity index (χ2n) is 4.66. The van der Waals surface area contributed by atoms with Gasteiger partial charge in [-0.15, -0.1) is 0 Å². The summed E-state index contributed by atoms with van der Waals surface area (Å²) in [5.41, 5.74) is 7.99. The molecule has 110 valence electrons. The fourth-order valence-electron chi connectivity index (χ4n) is 2.18. The van der Waals surface area contributed by atoms with E-state index in [0.717, 1.165) is 10.0 Å². The number of nitrogens with zero attached hydrogens (tertiary/aromatic N) is 2. The van der Waals surface area contributed by atoms with Crippen LogP contribution in [0.2, 0.25) is 0 Å². The van der Waals surface area contributed by atoms with Crippen LogP contribution in [0, 0.1) is 5.82 Å². The van der Waals surface area contributed by atoms with E-state index < -0.39 is 5.91 Å². The number of benzene rings is 1. The molecule has 0 fully saturated rings. The van der Waals surface area contributed by atoms with Gasteiger partial charge in [0.25, 0.3) is 0 Å². The fraction of sp³-hybridized carbons (Fsp3) is 0. The summed E-state index contributed by atoms with van der Waals surface area (Å²) in [6.07, 6.45) is 4.72. The summed E-state index contributed by atoms with van der Waals surface area (Å²) in [7, 11) is 0. The molecule has 0 bridgehead atoms. The number of carbonyl (C=O) groups is 1. The summed E-state index contributed by atoms with van der Waals surface area (Å²) in [5, 5.41) is 0. The topological polar surface area (TPSA) is 60.4 Å². The largest absolute Gasteiger partial charge is 0.366 e. The van der Waals surface area contributed by atoms with Crippen molar-refractivity contribution in [1.82, 2.24) is 9.38 Å². The molecule has 6 heteroatoms. The number of amides is 1. The molecular formula is C16H11BrFN3O. The minimum atomic E-state index is -0.546. The van der Waals surface area contributed by atoms with E-state index in [4.69, 9.17) is 5.73 Å². The summed E-state index contributed by atoms with van der Waals surface area (Å²) in [6.45, 7) is 0. The molecular weight excluding hydrogens is 349 g/mol. The summed E-state index contributed by atoms with van der Waals surface area (Å²) in [6, 6.07) is 9.76. The van der Waals surface area contributed by atoms with E-state index in [1.165, 1.54) is 18.2 Å². The monoisotopic (exact) mass is 359 g/mol. The van der Waals surface area contributed by atoms with Crippen LogP contribution in [-0.2, 0) is 4.79 Å². The highest BCUT2D eigenvalue weighted by molar-refractivity contribution is 9.10. The molecule has 1 aromatic carbocycles. The molecule has 0 aliphatic heterocycles. The molecule has 2 heterocycles. The average molecular weight is 360 g/mol. The number of primary amides is 1. The van der Waals surface area contributed by atoms with Gasteiger partial charge in [0.05, 0.1) is 11.4 Å². The molecule has 0 spiro atoms. The molecule has 22 heavy (non-hydrogen) atoms. The van der Waals surface area contributed by atoms with Crippen molar-refractivity contribution in [3.63, 3.8) is 0 Å². The van der Waals surface area contributed by atoms with Crippen LogP contribution >= 0.6 is 15.9 Å². The van der Waals surface area contributed by atoms with Crippen LogP contribution in [-0.4, -0.2) is 15.3 Å². The van der Waals surface area contributed by atoms with Crippen molar-refractivity contribution >= 4 is 33.6 Å². The van der Waals surface area contributed by atoms with Crippen molar-refractivity contribution in [2.45, 2.75) is 0 Å². The van der Waals surface area contributed by atoms with Gasteiger partial charge in [0.2, 0.25) is 5.91 Å². The average Bonchev–Trinajstić information content (AvgIpc) is 2.83. The van der Waals surface area contributed by atoms with Gasteiger partial charge >= 0.3 is 0 Å². The minimum Gasteiger partial charge on any atom is -0.366 e. The summed E-state index contributed by atoms with van der Waals surface area (Å²) in [4.78, 5) is 15.6. The van der Waals surface area contributed by atoms with Crippen LogP contribution < -0.4 is 5.73 Å². The number of nitrogens with two attached hydrogens (primary N) is 1. The normalized spacial score (nSPS) is 11.4. The van der Waals surface area contributed by atoms with E-state index in [2.05, 4.69) is 20.9 Å². The number of pyridine rings is 1. The third kappa shape index (κ3) is 2.78. The Hall–Kier alpha value is -2.47. The number of imidazole rings is 1. The first kappa shape index (κ1) is 14.5. The predicted octanol–water partition coefficient (Wildman–Crippen LogP) is 3.40. The van der Waals surface area contributed by atoms with Crippen molar-refractivity contribution < 1.29 is 9.18 Å². The number of rotatable bonds is 3. The number of aromatic nitrogens is 2. The standard InChI is InChI=1S/C16H11BrFN3O/c17-11-3-8-15-20-16(10-1-4-12(18)5-2-10)13(21(15)9-11)6-7-14(19)22/h1-9H,(H2,19,22)/b7-6+. The number of halogens is 2. The van der Waals surface area contributed by atoms with Gasteiger partial charge in [0.1, 0.15) is 11.5 Å². The molecule has 3 aromatic rings. The van der Waals surface area contributed by atoms with Gasteiger partial charge < -0.3 is 5.73 Å². The lowest BCUT2D eigenvalue weighted by Crippen LogP contribution is -2.05. The Kier molecular flexibility index (Phi) is 3.77. The highest BCUT2D eigenvalue weighted by Crippen LogP contribution is 2.27. The summed E-state index contributed by atoms with van der Waals surface area (Å²) < 4.78 is 15.8. The van der Waals surface area contributed by atoms with E-state index in [0.29, 0.717) is 17.0 Å². The van der Waals surface area contributed by atoms with Crippen LogP contribution in [0.3, 0.4) is 0 Å². The Morgan fingerprint density at radius 3 is 2.64 bits per heavy atom. The maximum Gasteiger partial charge on any atom is 0.241 e. The number of hydrogen-bond acceptors (Lipinski definition) is 2. The third-order valence-electron chi connectivity index (χ3n) is 3.14. The summed E-state index contributed by atoms with van der Waals surface area (Å²) in [5.74, 6) is -0.862. The maximum atomic E-state index is 13.1. The minimum absolute atomic E-state index is 0.315. The van der Waals surface area contributed by atoms with Crippen molar-refractivity contribution in [3.05, 3.63) is 64.7 Å². The molecule has 0 unspecified atom stereocenters. The first-order valence-electron chi connectivity index (χ1n) is 6.45. The van der Waals surface area contributed by atoms with E-state index in [9.17, 15) is 9.18 Å². The van der Waals surface area contributed by atoms with Crippen LogP contribution in [0.1, 0.15) is 5.69 Å². The van der Waals surface area contributed by atoms with Gasteiger partial charge in [0.15, 0.2) is 0 Å². The number of carbonyl (C=O) groups excluding carboxylic acids is 1. The van der Waals surface area contributed by atoms with Crippen molar-refractivity contribution in [1.29, 1.82) is 0 Å². The lowest BCUT2D eigenvalue weighted by atomic mass is 10.1. The number of hydrogen-bond donors (Lipinski definition) is 1. The zero-order chi connectivity index (χ0) is 15.7. The molecule has 0 radical (unpaired) electrons. The van der Waals surface area contributed by atoms with E-state index in [1.54, 1.807) is 18.2 Å². The SMILES string of the molecule is NC(=O)/C=C/c1c(-c2ccc(F)cc2)nc2ccc(Br)cn12. The molecule has 1 amide bonds. The lowest BCUT2D eigenvalue weighted by molar-refractivity contribution is -0.113. The molecule has 2 aromatic heterocycles. The Labute approximate surface area is 134 Å². The van der Waals surface area contributed by atoms with Crippen LogP contribution in [0.4, 0.5) is 4.39 Å². The molecule has 0 aliphatic rings. The van der Waals surface area contributed by atoms with Crippen molar-refractivity contribution in [3.8, 4) is 11.3 Å². The van der Waals surface area contributed by atoms with Gasteiger partial charge in [-0.25, -0.2) is 9.37 Å². The molecule has 0 atom stereocenters. The molecule has 4 nitrogen and oxygen atoms in total. The zero-order valence-electron chi connectivity index (χ0n) is 11.3. The highest BCUT2D eigenvalue weighted by Gasteiger charge is 2.12. The molecule has 2 N–H and O–H groups in total. The fourth-order valence-corrected chi connectivity index (χ4v) is 2.51. The van der Waals surface area contributed by atoms with Gasteiger partial charge in [-0.2, -0.15) is 0 Å². The van der Waals surface area contributed by atoms with Crippen LogP contribution in [0.15, 0.2) is 53.1 Å². The third-order valence-corrected chi connectivity index (χ3v) is 3.61.